The fraction of sp³-hybridized carbons (Fsp3) is 0. The summed E-state index contributed by atoms with van der Waals surface area (Å²) in [6.45, 7) is 0. The predicted molar refractivity (Wildman–Crippen MR) is 51.9 cm³/mol. The number of hydrogen-bond acceptors (Lipinski definition) is 6. The second-order valence-corrected chi connectivity index (χ2v) is 6.26. The molecule has 17 heavy (non-hydrogen) atoms. The van der Waals surface area contributed by atoms with E-state index >= 15 is 0 Å². The van der Waals surface area contributed by atoms with Gasteiger partial charge < -0.3 is 0 Å². The van der Waals surface area contributed by atoms with Crippen LogP contribution in [0.25, 0.3) is 0 Å². The van der Waals surface area contributed by atoms with E-state index in [0.29, 0.717) is 12.1 Å². The van der Waals surface area contributed by atoms with Crippen molar-refractivity contribution in [3.8, 4) is 5.75 Å². The van der Waals surface area contributed by atoms with Crippen LogP contribution in [0.5, 0.6) is 5.75 Å². The number of nitrogens with zero attached hydrogens (tertiary/aromatic N) is 2. The summed E-state index contributed by atoms with van der Waals surface area (Å²) in [4.78, 5) is 18.6. The first-order chi connectivity index (χ1) is 7.64. The molecule has 0 aliphatic rings. The Bertz CT molecular complexity index is 514. The Morgan fingerprint density at radius 2 is 1.41 bits per heavy atom. The van der Waals surface area contributed by atoms with E-state index in [0.717, 1.165) is 0 Å². The van der Waals surface area contributed by atoms with Crippen molar-refractivity contribution in [3.63, 3.8) is 0 Å². The average molecular weight is 308 g/mol. The number of nitro groups is 2. The molecule has 0 unspecified atom stereocenters. The zero-order valence-electron chi connectivity index (χ0n) is 7.88. The maximum absolute atomic E-state index is 10.9. The van der Waals surface area contributed by atoms with Gasteiger partial charge in [0.2, 0.25) is 0 Å². The van der Waals surface area contributed by atoms with Crippen molar-refractivity contribution in [1.29, 1.82) is 0 Å². The van der Waals surface area contributed by atoms with Crippen molar-refractivity contribution in [2.75, 3.05) is 0 Å². The van der Waals surface area contributed by atoms with E-state index in [1.807, 2.05) is 0 Å². The standard InChI is InChI=1S/C6H5AsN2O8/c10-6-4(8(14)15)1-3(7(11,12)13)2-5(6)9(16)17/h1-2,10H,(H2,11,12,13). The minimum absolute atomic E-state index is 0.419. The number of hydrogen-bond donors (Lipinski definition) is 3. The van der Waals surface area contributed by atoms with Crippen LogP contribution in [0, 0.1) is 20.2 Å². The van der Waals surface area contributed by atoms with E-state index in [9.17, 15) is 29.1 Å². The van der Waals surface area contributed by atoms with Crippen molar-refractivity contribution >= 4 is 29.9 Å². The first-order valence-electron chi connectivity index (χ1n) is 3.86. The third-order valence-electron chi connectivity index (χ3n) is 1.78. The SMILES string of the molecule is O=[N+]([O-])c1cc([As](=O)(O)O)cc([N+](=O)[O-])c1O. The van der Waals surface area contributed by atoms with Crippen LogP contribution in [0.3, 0.4) is 0 Å². The van der Waals surface area contributed by atoms with Crippen LogP contribution >= 0.6 is 0 Å². The Morgan fingerprint density at radius 1 is 1.06 bits per heavy atom. The third-order valence-corrected chi connectivity index (χ3v) is 3.74. The van der Waals surface area contributed by atoms with E-state index in [-0.39, 0.29) is 0 Å². The number of phenols is 1. The molecule has 0 saturated heterocycles. The summed E-state index contributed by atoms with van der Waals surface area (Å²) in [6.07, 6.45) is 0. The Hall–Kier alpha value is -1.90. The first kappa shape index (κ1) is 13.2. The molecular weight excluding hydrogens is 303 g/mol. The molecule has 0 atom stereocenters. The Balaban J connectivity index is 3.65. The zero-order chi connectivity index (χ0) is 13.4. The molecule has 0 aliphatic heterocycles. The van der Waals surface area contributed by atoms with E-state index in [4.69, 9.17) is 8.19 Å². The first-order valence-corrected chi connectivity index (χ1v) is 7.24. The van der Waals surface area contributed by atoms with Crippen LogP contribution in [0.1, 0.15) is 0 Å². The van der Waals surface area contributed by atoms with Crippen molar-refractivity contribution in [1.82, 2.24) is 0 Å². The molecule has 0 fully saturated rings. The summed E-state index contributed by atoms with van der Waals surface area (Å²) in [5.41, 5.74) is -2.25. The summed E-state index contributed by atoms with van der Waals surface area (Å²) >= 11 is -5.52. The van der Waals surface area contributed by atoms with Gasteiger partial charge in [0.05, 0.1) is 0 Å². The Kier molecular flexibility index (Phi) is 3.23. The fourth-order valence-electron chi connectivity index (χ4n) is 1.04. The van der Waals surface area contributed by atoms with Gasteiger partial charge in [-0.2, -0.15) is 0 Å². The number of rotatable bonds is 3. The zero-order valence-corrected chi connectivity index (χ0v) is 9.76. The van der Waals surface area contributed by atoms with Gasteiger partial charge in [-0.1, -0.05) is 0 Å². The van der Waals surface area contributed by atoms with Crippen LogP contribution in [0.4, 0.5) is 11.4 Å². The number of aromatic hydroxyl groups is 1. The molecule has 0 spiro atoms. The van der Waals surface area contributed by atoms with Gasteiger partial charge in [-0.05, 0) is 0 Å². The van der Waals surface area contributed by atoms with Crippen LogP contribution < -0.4 is 4.35 Å². The molecule has 0 aliphatic carbocycles. The van der Waals surface area contributed by atoms with Crippen LogP contribution in [-0.2, 0) is 3.74 Å². The van der Waals surface area contributed by atoms with Crippen molar-refractivity contribution in [2.45, 2.75) is 0 Å². The molecule has 0 saturated carbocycles. The Labute approximate surface area is 95.4 Å². The molecule has 1 aromatic rings. The van der Waals surface area contributed by atoms with Gasteiger partial charge in [-0.3, -0.25) is 0 Å². The van der Waals surface area contributed by atoms with E-state index in [2.05, 4.69) is 0 Å². The van der Waals surface area contributed by atoms with Crippen molar-refractivity contribution in [3.05, 3.63) is 32.4 Å². The van der Waals surface area contributed by atoms with Gasteiger partial charge in [0.25, 0.3) is 0 Å². The normalized spacial score (nSPS) is 11.2. The minimum atomic E-state index is -5.52. The number of phenolic OH excluding ortho intramolecular Hbond substituents is 1. The van der Waals surface area contributed by atoms with Gasteiger partial charge in [0, 0.05) is 0 Å². The van der Waals surface area contributed by atoms with Crippen molar-refractivity contribution < 1.29 is 26.9 Å². The maximum atomic E-state index is 10.9. The van der Waals surface area contributed by atoms with Gasteiger partial charge >= 0.3 is 94.9 Å². The summed E-state index contributed by atoms with van der Waals surface area (Å²) in [5, 5.41) is 30.1. The van der Waals surface area contributed by atoms with Crippen LogP contribution in [0.2, 0.25) is 0 Å². The van der Waals surface area contributed by atoms with E-state index < -0.39 is 45.5 Å². The molecule has 0 radical (unpaired) electrons. The number of nitro benzene ring substituents is 2. The molecule has 92 valence electrons. The molecule has 11 heteroatoms. The second-order valence-electron chi connectivity index (χ2n) is 2.89. The molecular formula is C6H5AsN2O8. The van der Waals surface area contributed by atoms with Gasteiger partial charge in [-0.15, -0.1) is 0 Å². The summed E-state index contributed by atoms with van der Waals surface area (Å²) in [7, 11) is 0. The predicted octanol–water partition coefficient (Wildman–Crippen LogP) is -1.23. The van der Waals surface area contributed by atoms with Crippen molar-refractivity contribution in [2.24, 2.45) is 0 Å². The van der Waals surface area contributed by atoms with Crippen LogP contribution in [-0.4, -0.2) is 37.3 Å². The van der Waals surface area contributed by atoms with Crippen LogP contribution in [0.15, 0.2) is 12.1 Å². The number of benzene rings is 1. The molecule has 0 heterocycles. The molecule has 3 N–H and O–H groups in total. The van der Waals surface area contributed by atoms with Gasteiger partial charge in [-0.25, -0.2) is 0 Å². The Morgan fingerprint density at radius 3 is 1.65 bits per heavy atom. The third kappa shape index (κ3) is 2.61. The molecule has 0 aromatic heterocycles. The monoisotopic (exact) mass is 308 g/mol. The second kappa shape index (κ2) is 4.17. The topological polar surface area (TPSA) is 164 Å². The molecule has 1 rings (SSSR count). The quantitative estimate of drug-likeness (QED) is 0.355. The van der Waals surface area contributed by atoms with E-state index in [1.54, 1.807) is 0 Å². The summed E-state index contributed by atoms with van der Waals surface area (Å²) in [6, 6.07) is 0.838. The molecule has 10 nitrogen and oxygen atoms in total. The average Bonchev–Trinajstić information content (AvgIpc) is 2.14. The summed E-state index contributed by atoms with van der Waals surface area (Å²) < 4.78 is 27.7. The van der Waals surface area contributed by atoms with E-state index in [1.165, 1.54) is 0 Å². The fourth-order valence-corrected chi connectivity index (χ4v) is 2.26. The van der Waals surface area contributed by atoms with Gasteiger partial charge in [0.15, 0.2) is 0 Å². The molecule has 0 amide bonds. The summed E-state index contributed by atoms with van der Waals surface area (Å²) in [5.74, 6) is -1.24. The molecule has 0 bridgehead atoms. The van der Waals surface area contributed by atoms with Gasteiger partial charge in [0.1, 0.15) is 0 Å². The molecule has 1 aromatic carbocycles.